The Labute approximate surface area is 211 Å². The van der Waals surface area contributed by atoms with E-state index in [0.29, 0.717) is 23.7 Å². The lowest BCUT2D eigenvalue weighted by atomic mass is 10.1. The highest BCUT2D eigenvalue weighted by molar-refractivity contribution is 9.10. The number of carbonyl (C=O) groups is 2. The summed E-state index contributed by atoms with van der Waals surface area (Å²) in [6.07, 6.45) is 0.239. The summed E-state index contributed by atoms with van der Waals surface area (Å²) in [5, 5.41) is 5.85. The number of halogens is 2. The zero-order valence-electron chi connectivity index (χ0n) is 18.5. The van der Waals surface area contributed by atoms with Crippen LogP contribution in [0.15, 0.2) is 81.7 Å². The van der Waals surface area contributed by atoms with E-state index in [4.69, 9.17) is 4.74 Å². The van der Waals surface area contributed by atoms with Crippen LogP contribution in [-0.4, -0.2) is 18.4 Å². The number of benzene rings is 3. The van der Waals surface area contributed by atoms with Gasteiger partial charge in [-0.3, -0.25) is 9.59 Å². The Hall–Kier alpha value is -2.64. The average molecular weight is 574 g/mol. The molecule has 2 N–H and O–H groups in total. The fraction of sp³-hybridized carbons (Fsp3) is 0.231. The van der Waals surface area contributed by atoms with Crippen molar-refractivity contribution in [2.45, 2.75) is 26.4 Å². The molecule has 7 heteroatoms. The first-order valence-corrected chi connectivity index (χ1v) is 12.3. The summed E-state index contributed by atoms with van der Waals surface area (Å²) in [5.41, 5.74) is 1.71. The topological polar surface area (TPSA) is 67.4 Å². The van der Waals surface area contributed by atoms with Gasteiger partial charge in [0.2, 0.25) is 0 Å². The van der Waals surface area contributed by atoms with E-state index >= 15 is 0 Å². The molecule has 0 heterocycles. The third-order valence-corrected chi connectivity index (χ3v) is 5.89. The molecule has 0 saturated carbocycles. The largest absolute Gasteiger partial charge is 0.494 e. The minimum atomic E-state index is -0.729. The zero-order chi connectivity index (χ0) is 23.8. The Morgan fingerprint density at radius 2 is 1.33 bits per heavy atom. The summed E-state index contributed by atoms with van der Waals surface area (Å²) in [6, 6.07) is 21.6. The summed E-state index contributed by atoms with van der Waals surface area (Å²) in [7, 11) is 0. The Morgan fingerprint density at radius 3 is 1.79 bits per heavy atom. The van der Waals surface area contributed by atoms with Crippen LogP contribution in [-0.2, 0) is 0 Å². The molecule has 0 spiro atoms. The lowest BCUT2D eigenvalue weighted by molar-refractivity contribution is 0.0883. The summed E-state index contributed by atoms with van der Waals surface area (Å²) in [6.45, 7) is 4.94. The molecule has 0 unspecified atom stereocenters. The van der Waals surface area contributed by atoms with Crippen LogP contribution in [0.4, 0.5) is 0 Å². The molecule has 3 rings (SSSR count). The van der Waals surface area contributed by atoms with Crippen LogP contribution in [0.2, 0.25) is 0 Å². The number of hydrogen-bond acceptors (Lipinski definition) is 3. The zero-order valence-corrected chi connectivity index (χ0v) is 21.6. The summed E-state index contributed by atoms with van der Waals surface area (Å²) in [4.78, 5) is 25.8. The maximum atomic E-state index is 12.9. The van der Waals surface area contributed by atoms with E-state index in [1.165, 1.54) is 0 Å². The molecule has 0 atom stereocenters. The Balaban J connectivity index is 1.80. The van der Waals surface area contributed by atoms with Crippen LogP contribution >= 0.6 is 31.9 Å². The molecule has 33 heavy (non-hydrogen) atoms. The first-order chi connectivity index (χ1) is 15.8. The SMILES string of the molecule is CC(C)CCOc1ccc(C(NC(=O)c2cccc(Br)c2)NC(=O)c2cccc(Br)c2)cc1. The van der Waals surface area contributed by atoms with E-state index in [0.717, 1.165) is 26.7 Å². The van der Waals surface area contributed by atoms with E-state index in [1.54, 1.807) is 36.4 Å². The summed E-state index contributed by atoms with van der Waals surface area (Å²) < 4.78 is 7.39. The Kier molecular flexibility index (Phi) is 9.09. The van der Waals surface area contributed by atoms with Gasteiger partial charge >= 0.3 is 0 Å². The number of hydrogen-bond donors (Lipinski definition) is 2. The van der Waals surface area contributed by atoms with Crippen molar-refractivity contribution in [3.8, 4) is 5.75 Å². The second-order valence-electron chi connectivity index (χ2n) is 8.00. The minimum absolute atomic E-state index is 0.298. The van der Waals surface area contributed by atoms with Crippen molar-refractivity contribution in [2.75, 3.05) is 6.61 Å². The molecule has 0 aliphatic heterocycles. The van der Waals surface area contributed by atoms with E-state index in [1.807, 2.05) is 36.4 Å². The fourth-order valence-corrected chi connectivity index (χ4v) is 3.86. The van der Waals surface area contributed by atoms with Crippen molar-refractivity contribution >= 4 is 43.7 Å². The number of nitrogens with one attached hydrogen (secondary N) is 2. The van der Waals surface area contributed by atoms with Crippen LogP contribution in [0.3, 0.4) is 0 Å². The molecule has 0 radical (unpaired) electrons. The highest BCUT2D eigenvalue weighted by atomic mass is 79.9. The van der Waals surface area contributed by atoms with Gasteiger partial charge in [-0.05, 0) is 66.4 Å². The first-order valence-electron chi connectivity index (χ1n) is 10.7. The average Bonchev–Trinajstić information content (AvgIpc) is 2.79. The van der Waals surface area contributed by atoms with Crippen molar-refractivity contribution in [3.63, 3.8) is 0 Å². The maximum Gasteiger partial charge on any atom is 0.253 e. The van der Waals surface area contributed by atoms with Crippen molar-refractivity contribution in [1.82, 2.24) is 10.6 Å². The lowest BCUT2D eigenvalue weighted by Crippen LogP contribution is -2.41. The second-order valence-corrected chi connectivity index (χ2v) is 9.83. The van der Waals surface area contributed by atoms with Crippen molar-refractivity contribution < 1.29 is 14.3 Å². The minimum Gasteiger partial charge on any atom is -0.494 e. The number of rotatable bonds is 9. The van der Waals surface area contributed by atoms with E-state index in [9.17, 15) is 9.59 Å². The maximum absolute atomic E-state index is 12.9. The van der Waals surface area contributed by atoms with Gasteiger partial charge in [-0.2, -0.15) is 0 Å². The first kappa shape index (κ1) is 25.0. The van der Waals surface area contributed by atoms with Crippen molar-refractivity contribution in [2.24, 2.45) is 5.92 Å². The Bertz CT molecular complexity index is 1040. The third kappa shape index (κ3) is 7.72. The highest BCUT2D eigenvalue weighted by Crippen LogP contribution is 2.20. The van der Waals surface area contributed by atoms with Crippen LogP contribution in [0.1, 0.15) is 52.7 Å². The van der Waals surface area contributed by atoms with E-state index < -0.39 is 6.17 Å². The molecular weight excluding hydrogens is 548 g/mol. The quantitative estimate of drug-likeness (QED) is 0.287. The predicted octanol–water partition coefficient (Wildman–Crippen LogP) is 6.50. The number of ether oxygens (including phenoxy) is 1. The van der Waals surface area contributed by atoms with Crippen LogP contribution in [0, 0.1) is 5.92 Å². The molecule has 3 aromatic carbocycles. The lowest BCUT2D eigenvalue weighted by Gasteiger charge is -2.21. The van der Waals surface area contributed by atoms with Crippen LogP contribution < -0.4 is 15.4 Å². The molecule has 0 saturated heterocycles. The van der Waals surface area contributed by atoms with E-state index in [-0.39, 0.29) is 11.8 Å². The van der Waals surface area contributed by atoms with Gasteiger partial charge in [-0.1, -0.05) is 70.0 Å². The molecular formula is C26H26Br2N2O3. The third-order valence-electron chi connectivity index (χ3n) is 4.90. The van der Waals surface area contributed by atoms with Crippen molar-refractivity contribution in [1.29, 1.82) is 0 Å². The van der Waals surface area contributed by atoms with Gasteiger partial charge in [-0.25, -0.2) is 0 Å². The molecule has 0 aliphatic rings. The van der Waals surface area contributed by atoms with Crippen molar-refractivity contribution in [3.05, 3.63) is 98.4 Å². The molecule has 172 valence electrons. The fourth-order valence-electron chi connectivity index (χ4n) is 3.06. The van der Waals surface area contributed by atoms with Gasteiger partial charge in [0.15, 0.2) is 0 Å². The normalized spacial score (nSPS) is 10.8. The predicted molar refractivity (Wildman–Crippen MR) is 137 cm³/mol. The molecule has 3 aromatic rings. The van der Waals surface area contributed by atoms with Gasteiger partial charge < -0.3 is 15.4 Å². The molecule has 0 fully saturated rings. The molecule has 2 amide bonds. The van der Waals surface area contributed by atoms with Crippen LogP contribution in [0.25, 0.3) is 0 Å². The van der Waals surface area contributed by atoms with Gasteiger partial charge in [0.1, 0.15) is 11.9 Å². The molecule has 0 bridgehead atoms. The highest BCUT2D eigenvalue weighted by Gasteiger charge is 2.19. The molecule has 0 aromatic heterocycles. The van der Waals surface area contributed by atoms with Gasteiger partial charge in [0.05, 0.1) is 6.61 Å². The van der Waals surface area contributed by atoms with Gasteiger partial charge in [0, 0.05) is 20.1 Å². The molecule has 0 aliphatic carbocycles. The monoisotopic (exact) mass is 572 g/mol. The van der Waals surface area contributed by atoms with Gasteiger partial charge in [-0.15, -0.1) is 0 Å². The Morgan fingerprint density at radius 1 is 0.818 bits per heavy atom. The number of carbonyl (C=O) groups excluding carboxylic acids is 2. The number of amides is 2. The van der Waals surface area contributed by atoms with Crippen LogP contribution in [0.5, 0.6) is 5.75 Å². The van der Waals surface area contributed by atoms with E-state index in [2.05, 4.69) is 56.3 Å². The second kappa shape index (κ2) is 12.0. The standard InChI is InChI=1S/C26H26Br2N2O3/c1-17(2)13-14-33-23-11-9-18(10-12-23)24(29-25(31)19-5-3-7-21(27)15-19)30-26(32)20-6-4-8-22(28)16-20/h3-12,15-17,24H,13-14H2,1-2H3,(H,29,31)(H,30,32). The molecule has 5 nitrogen and oxygen atoms in total. The summed E-state index contributed by atoms with van der Waals surface area (Å²) in [5.74, 6) is 0.714. The smallest absolute Gasteiger partial charge is 0.253 e. The summed E-state index contributed by atoms with van der Waals surface area (Å²) >= 11 is 6.78. The van der Waals surface area contributed by atoms with Gasteiger partial charge in [0.25, 0.3) is 11.8 Å².